The van der Waals surface area contributed by atoms with Gasteiger partial charge >= 0.3 is 17.9 Å². The summed E-state index contributed by atoms with van der Waals surface area (Å²) in [6.07, 6.45) is 48.1. The molecule has 0 aliphatic rings. The van der Waals surface area contributed by atoms with E-state index < -0.39 is 6.10 Å². The third-order valence-corrected chi connectivity index (χ3v) is 11.4. The number of carbonyl (C=O) groups excluding carboxylic acids is 3. The van der Waals surface area contributed by atoms with Gasteiger partial charge in [-0.3, -0.25) is 14.4 Å². The van der Waals surface area contributed by atoms with E-state index in [1.807, 2.05) is 0 Å². The lowest BCUT2D eigenvalue weighted by Crippen LogP contribution is -2.30. The summed E-state index contributed by atoms with van der Waals surface area (Å²) >= 11 is 0. The van der Waals surface area contributed by atoms with Gasteiger partial charge in [0.1, 0.15) is 13.2 Å². The second kappa shape index (κ2) is 46.1. The highest BCUT2D eigenvalue weighted by atomic mass is 16.6. The molecule has 0 aliphatic heterocycles. The van der Waals surface area contributed by atoms with Gasteiger partial charge in [-0.2, -0.15) is 0 Å². The van der Waals surface area contributed by atoms with Crippen LogP contribution in [0.3, 0.4) is 0 Å². The molecule has 1 atom stereocenters. The molecule has 0 aliphatic carbocycles. The Morgan fingerprint density at radius 2 is 0.482 bits per heavy atom. The van der Waals surface area contributed by atoms with Crippen LogP contribution in [0.25, 0.3) is 0 Å². The van der Waals surface area contributed by atoms with Gasteiger partial charge in [0, 0.05) is 19.3 Å². The van der Waals surface area contributed by atoms with Crippen LogP contribution in [0.15, 0.2) is 0 Å². The minimum absolute atomic E-state index is 0.0626. The zero-order chi connectivity index (χ0) is 40.8. The molecular formula is C50H96O6. The molecule has 0 aromatic carbocycles. The summed E-state index contributed by atoms with van der Waals surface area (Å²) in [7, 11) is 0. The van der Waals surface area contributed by atoms with Crippen LogP contribution in [-0.4, -0.2) is 37.2 Å². The Morgan fingerprint density at radius 3 is 0.714 bits per heavy atom. The summed E-state index contributed by atoms with van der Waals surface area (Å²) in [5.74, 6) is -0.851. The molecule has 0 amide bonds. The van der Waals surface area contributed by atoms with Crippen LogP contribution in [-0.2, 0) is 28.6 Å². The third-order valence-electron chi connectivity index (χ3n) is 11.4. The first-order valence-corrected chi connectivity index (χ1v) is 25.0. The quantitative estimate of drug-likeness (QED) is 0.0347. The molecular weight excluding hydrogens is 697 g/mol. The Hall–Kier alpha value is -1.59. The summed E-state index contributed by atoms with van der Waals surface area (Å²) in [6, 6.07) is 0. The minimum atomic E-state index is -0.758. The second-order valence-corrected chi connectivity index (χ2v) is 17.1. The zero-order valence-electron chi connectivity index (χ0n) is 37.9. The van der Waals surface area contributed by atoms with E-state index in [0.29, 0.717) is 19.3 Å². The van der Waals surface area contributed by atoms with E-state index in [-0.39, 0.29) is 31.1 Å². The van der Waals surface area contributed by atoms with Crippen molar-refractivity contribution in [1.29, 1.82) is 0 Å². The summed E-state index contributed by atoms with van der Waals surface area (Å²) in [5, 5.41) is 0. The van der Waals surface area contributed by atoms with E-state index in [1.54, 1.807) is 0 Å². The number of hydrogen-bond acceptors (Lipinski definition) is 6. The molecule has 0 spiro atoms. The standard InChI is InChI=1S/C50H96O6/c1-4-7-10-13-16-18-20-22-24-25-26-28-30-32-35-38-41-44-50(53)56-47(45-54-48(51)42-39-36-33-15-12-9-6-3)46-55-49(52)43-40-37-34-31-29-27-23-21-19-17-14-11-8-5-2/h47H,4-46H2,1-3H3/t47-/m1/s1. The Bertz CT molecular complexity index is 828. The molecule has 0 rings (SSSR count). The van der Waals surface area contributed by atoms with Gasteiger partial charge in [0.2, 0.25) is 0 Å². The monoisotopic (exact) mass is 793 g/mol. The van der Waals surface area contributed by atoms with Crippen molar-refractivity contribution in [3.05, 3.63) is 0 Å². The first-order chi connectivity index (χ1) is 27.5. The second-order valence-electron chi connectivity index (χ2n) is 17.1. The Labute approximate surface area is 348 Å². The number of ether oxygens (including phenoxy) is 3. The highest BCUT2D eigenvalue weighted by Gasteiger charge is 2.19. The van der Waals surface area contributed by atoms with Crippen LogP contribution in [0, 0.1) is 0 Å². The molecule has 332 valence electrons. The molecule has 0 N–H and O–H groups in total. The van der Waals surface area contributed by atoms with Crippen molar-refractivity contribution in [2.24, 2.45) is 0 Å². The summed E-state index contributed by atoms with van der Waals surface area (Å²) < 4.78 is 16.7. The highest BCUT2D eigenvalue weighted by molar-refractivity contribution is 5.71. The van der Waals surface area contributed by atoms with Crippen LogP contribution < -0.4 is 0 Å². The van der Waals surface area contributed by atoms with Gasteiger partial charge in [-0.25, -0.2) is 0 Å². The van der Waals surface area contributed by atoms with Crippen molar-refractivity contribution in [3.63, 3.8) is 0 Å². The summed E-state index contributed by atoms with van der Waals surface area (Å²) in [6.45, 7) is 6.64. The molecule has 6 heteroatoms. The van der Waals surface area contributed by atoms with E-state index in [1.165, 1.54) is 186 Å². The minimum Gasteiger partial charge on any atom is -0.462 e. The van der Waals surface area contributed by atoms with E-state index in [0.717, 1.165) is 57.8 Å². The average molecular weight is 793 g/mol. The van der Waals surface area contributed by atoms with E-state index >= 15 is 0 Å². The summed E-state index contributed by atoms with van der Waals surface area (Å²) in [5.41, 5.74) is 0. The summed E-state index contributed by atoms with van der Waals surface area (Å²) in [4.78, 5) is 37.7. The maximum Gasteiger partial charge on any atom is 0.306 e. The molecule has 0 aromatic heterocycles. The molecule has 0 saturated carbocycles. The fourth-order valence-electron chi connectivity index (χ4n) is 7.56. The van der Waals surface area contributed by atoms with Crippen molar-refractivity contribution < 1.29 is 28.6 Å². The van der Waals surface area contributed by atoms with Crippen molar-refractivity contribution in [2.75, 3.05) is 13.2 Å². The van der Waals surface area contributed by atoms with Gasteiger partial charge in [-0.05, 0) is 19.3 Å². The van der Waals surface area contributed by atoms with E-state index in [9.17, 15) is 14.4 Å². The van der Waals surface area contributed by atoms with Gasteiger partial charge in [0.25, 0.3) is 0 Å². The fraction of sp³-hybridized carbons (Fsp3) is 0.940. The fourth-order valence-corrected chi connectivity index (χ4v) is 7.56. The number of unbranched alkanes of at least 4 members (excludes halogenated alkanes) is 35. The van der Waals surface area contributed by atoms with Gasteiger partial charge in [0.15, 0.2) is 6.10 Å². The average Bonchev–Trinajstić information content (AvgIpc) is 3.19. The molecule has 0 unspecified atom stereocenters. The maximum atomic E-state index is 12.7. The Morgan fingerprint density at radius 1 is 0.286 bits per heavy atom. The highest BCUT2D eigenvalue weighted by Crippen LogP contribution is 2.16. The van der Waals surface area contributed by atoms with Crippen LogP contribution in [0.2, 0.25) is 0 Å². The van der Waals surface area contributed by atoms with Crippen LogP contribution in [0.4, 0.5) is 0 Å². The predicted octanol–water partition coefficient (Wildman–Crippen LogP) is 16.0. The number of carbonyl (C=O) groups is 3. The molecule has 0 radical (unpaired) electrons. The lowest BCUT2D eigenvalue weighted by molar-refractivity contribution is -0.167. The smallest absolute Gasteiger partial charge is 0.306 e. The third kappa shape index (κ3) is 43.5. The molecule has 56 heavy (non-hydrogen) atoms. The van der Waals surface area contributed by atoms with Gasteiger partial charge < -0.3 is 14.2 Å². The molecule has 0 bridgehead atoms. The van der Waals surface area contributed by atoms with E-state index in [2.05, 4.69) is 20.8 Å². The molecule has 0 heterocycles. The van der Waals surface area contributed by atoms with Gasteiger partial charge in [0.05, 0.1) is 0 Å². The van der Waals surface area contributed by atoms with Gasteiger partial charge in [-0.1, -0.05) is 245 Å². The molecule has 0 saturated heterocycles. The van der Waals surface area contributed by atoms with Crippen molar-refractivity contribution in [2.45, 2.75) is 290 Å². The predicted molar refractivity (Wildman–Crippen MR) is 238 cm³/mol. The topological polar surface area (TPSA) is 78.9 Å². The number of esters is 3. The van der Waals surface area contributed by atoms with Crippen molar-refractivity contribution >= 4 is 17.9 Å². The maximum absolute atomic E-state index is 12.7. The lowest BCUT2D eigenvalue weighted by atomic mass is 10.0. The largest absolute Gasteiger partial charge is 0.462 e. The van der Waals surface area contributed by atoms with Crippen molar-refractivity contribution in [1.82, 2.24) is 0 Å². The van der Waals surface area contributed by atoms with Crippen molar-refractivity contribution in [3.8, 4) is 0 Å². The normalized spacial score (nSPS) is 11.8. The van der Waals surface area contributed by atoms with Gasteiger partial charge in [-0.15, -0.1) is 0 Å². The van der Waals surface area contributed by atoms with Crippen LogP contribution >= 0.6 is 0 Å². The van der Waals surface area contributed by atoms with Crippen LogP contribution in [0.1, 0.15) is 284 Å². The number of rotatable bonds is 46. The Balaban J connectivity index is 4.20. The lowest BCUT2D eigenvalue weighted by Gasteiger charge is -2.18. The van der Waals surface area contributed by atoms with Crippen LogP contribution in [0.5, 0.6) is 0 Å². The first-order valence-electron chi connectivity index (χ1n) is 25.0. The molecule has 6 nitrogen and oxygen atoms in total. The molecule has 0 fully saturated rings. The molecule has 0 aromatic rings. The zero-order valence-corrected chi connectivity index (χ0v) is 37.9. The van der Waals surface area contributed by atoms with E-state index in [4.69, 9.17) is 14.2 Å². The first kappa shape index (κ1) is 54.4. The Kier molecular flexibility index (Phi) is 44.8. The SMILES string of the molecule is CCCCCCCCCCCCCCCCCCCC(=O)O[C@H](COC(=O)CCCCCCCCC)COC(=O)CCCCCCCCCCCCCCCC. The number of hydrogen-bond donors (Lipinski definition) is 0.